The van der Waals surface area contributed by atoms with Crippen molar-refractivity contribution in [2.24, 2.45) is 5.73 Å². The minimum absolute atomic E-state index is 0. The summed E-state index contributed by atoms with van der Waals surface area (Å²) in [6.45, 7) is 1.95. The van der Waals surface area contributed by atoms with E-state index in [2.05, 4.69) is 4.98 Å². The Labute approximate surface area is 76.7 Å². The summed E-state index contributed by atoms with van der Waals surface area (Å²) < 4.78 is 0. The van der Waals surface area contributed by atoms with Crippen molar-refractivity contribution in [3.05, 3.63) is 16.6 Å². The molecule has 0 aliphatic rings. The van der Waals surface area contributed by atoms with E-state index in [9.17, 15) is 0 Å². The average Bonchev–Trinajstić information content (AvgIpc) is 2.12. The second-order valence-electron chi connectivity index (χ2n) is 1.69. The molecule has 1 aromatic heterocycles. The van der Waals surface area contributed by atoms with Crippen molar-refractivity contribution in [3.63, 3.8) is 0 Å². The van der Waals surface area contributed by atoms with E-state index < -0.39 is 0 Å². The standard InChI is InChI=1S/C5H8N2S.2ClH/c1-4(6)5-2-7-3-8-5;;/h2-4H,6H2,1H3;2*1H/t4-;;/m0../s1. The zero-order valence-electron chi connectivity index (χ0n) is 5.48. The molecule has 0 bridgehead atoms. The van der Waals surface area contributed by atoms with E-state index >= 15 is 0 Å². The van der Waals surface area contributed by atoms with E-state index in [0.29, 0.717) is 0 Å². The van der Waals surface area contributed by atoms with Crippen molar-refractivity contribution < 1.29 is 0 Å². The van der Waals surface area contributed by atoms with Gasteiger partial charge in [-0.3, -0.25) is 4.98 Å². The molecule has 0 radical (unpaired) electrons. The molecule has 10 heavy (non-hydrogen) atoms. The van der Waals surface area contributed by atoms with Crippen LogP contribution in [0.2, 0.25) is 0 Å². The number of hydrogen-bond donors (Lipinski definition) is 1. The molecule has 0 saturated heterocycles. The molecule has 0 aliphatic carbocycles. The van der Waals surface area contributed by atoms with E-state index in [1.807, 2.05) is 6.92 Å². The lowest BCUT2D eigenvalue weighted by molar-refractivity contribution is 0.835. The van der Waals surface area contributed by atoms with Crippen LogP contribution in [0.1, 0.15) is 17.8 Å². The van der Waals surface area contributed by atoms with Crippen LogP contribution >= 0.6 is 36.2 Å². The van der Waals surface area contributed by atoms with Crippen molar-refractivity contribution in [2.45, 2.75) is 13.0 Å². The fraction of sp³-hybridized carbons (Fsp3) is 0.400. The average molecular weight is 201 g/mol. The normalized spacial score (nSPS) is 11.0. The summed E-state index contributed by atoms with van der Waals surface area (Å²) in [5, 5.41) is 0. The molecule has 0 saturated carbocycles. The van der Waals surface area contributed by atoms with E-state index in [-0.39, 0.29) is 30.9 Å². The van der Waals surface area contributed by atoms with Gasteiger partial charge >= 0.3 is 0 Å². The van der Waals surface area contributed by atoms with Crippen LogP contribution < -0.4 is 5.73 Å². The first-order valence-corrected chi connectivity index (χ1v) is 3.32. The Hall–Kier alpha value is 0.170. The van der Waals surface area contributed by atoms with Crippen LogP contribution in [0.15, 0.2) is 11.7 Å². The lowest BCUT2D eigenvalue weighted by atomic mass is 10.3. The van der Waals surface area contributed by atoms with Gasteiger partial charge in [-0.15, -0.1) is 36.2 Å². The first-order valence-electron chi connectivity index (χ1n) is 2.44. The van der Waals surface area contributed by atoms with Gasteiger partial charge in [-0.2, -0.15) is 0 Å². The van der Waals surface area contributed by atoms with Gasteiger partial charge in [-0.25, -0.2) is 0 Å². The monoisotopic (exact) mass is 200 g/mol. The number of nitrogens with two attached hydrogens (primary N) is 1. The lowest BCUT2D eigenvalue weighted by Crippen LogP contribution is -2.01. The van der Waals surface area contributed by atoms with Gasteiger partial charge in [-0.1, -0.05) is 0 Å². The molecule has 0 aromatic carbocycles. The van der Waals surface area contributed by atoms with Crippen LogP contribution in [-0.2, 0) is 0 Å². The van der Waals surface area contributed by atoms with Crippen molar-refractivity contribution >= 4 is 36.2 Å². The first-order chi connectivity index (χ1) is 3.80. The molecule has 1 heterocycles. The lowest BCUT2D eigenvalue weighted by Gasteiger charge is -1.95. The molecule has 0 spiro atoms. The second kappa shape index (κ2) is 5.92. The van der Waals surface area contributed by atoms with Gasteiger partial charge < -0.3 is 5.73 Å². The highest BCUT2D eigenvalue weighted by Crippen LogP contribution is 2.12. The molecule has 5 heteroatoms. The van der Waals surface area contributed by atoms with Crippen LogP contribution in [-0.4, -0.2) is 4.98 Å². The minimum atomic E-state index is 0. The largest absolute Gasteiger partial charge is 0.323 e. The molecule has 0 aliphatic heterocycles. The van der Waals surface area contributed by atoms with Crippen molar-refractivity contribution in [2.75, 3.05) is 0 Å². The van der Waals surface area contributed by atoms with Crippen LogP contribution in [0.3, 0.4) is 0 Å². The fourth-order valence-corrected chi connectivity index (χ4v) is 1.03. The third-order valence-electron chi connectivity index (χ3n) is 0.900. The number of rotatable bonds is 1. The summed E-state index contributed by atoms with van der Waals surface area (Å²) >= 11 is 1.59. The summed E-state index contributed by atoms with van der Waals surface area (Å²) in [6, 6.07) is 0.141. The molecule has 60 valence electrons. The number of nitrogens with zero attached hydrogens (tertiary/aromatic N) is 1. The number of hydrogen-bond acceptors (Lipinski definition) is 3. The predicted molar refractivity (Wildman–Crippen MR) is 49.2 cm³/mol. The molecule has 1 aromatic rings. The van der Waals surface area contributed by atoms with Gasteiger partial charge in [-0.05, 0) is 6.92 Å². The van der Waals surface area contributed by atoms with Crippen LogP contribution in [0.25, 0.3) is 0 Å². The highest BCUT2D eigenvalue weighted by atomic mass is 35.5. The Balaban J connectivity index is 0. The van der Waals surface area contributed by atoms with Gasteiger partial charge in [0.05, 0.1) is 5.51 Å². The Morgan fingerprint density at radius 1 is 1.60 bits per heavy atom. The van der Waals surface area contributed by atoms with E-state index in [4.69, 9.17) is 5.73 Å². The van der Waals surface area contributed by atoms with E-state index in [1.54, 1.807) is 23.0 Å². The molecular formula is C5H10Cl2N2S. The number of halogens is 2. The Kier molecular flexibility index (Phi) is 7.58. The Morgan fingerprint density at radius 2 is 2.20 bits per heavy atom. The van der Waals surface area contributed by atoms with E-state index in [1.165, 1.54) is 0 Å². The molecule has 2 N–H and O–H groups in total. The fourth-order valence-electron chi connectivity index (χ4n) is 0.451. The highest BCUT2D eigenvalue weighted by molar-refractivity contribution is 7.09. The third-order valence-corrected chi connectivity index (χ3v) is 1.88. The zero-order valence-corrected chi connectivity index (χ0v) is 7.93. The molecule has 0 fully saturated rings. The maximum atomic E-state index is 5.53. The molecule has 0 amide bonds. The van der Waals surface area contributed by atoms with Gasteiger partial charge in [0.2, 0.25) is 0 Å². The molecule has 0 unspecified atom stereocenters. The summed E-state index contributed by atoms with van der Waals surface area (Å²) in [5.41, 5.74) is 7.32. The maximum Gasteiger partial charge on any atom is 0.0794 e. The highest BCUT2D eigenvalue weighted by Gasteiger charge is 1.97. The Morgan fingerprint density at radius 3 is 2.40 bits per heavy atom. The molecule has 2 nitrogen and oxygen atoms in total. The van der Waals surface area contributed by atoms with Gasteiger partial charge in [0.25, 0.3) is 0 Å². The van der Waals surface area contributed by atoms with E-state index in [0.717, 1.165) is 4.88 Å². The zero-order chi connectivity index (χ0) is 5.98. The third kappa shape index (κ3) is 3.37. The number of aromatic nitrogens is 1. The smallest absolute Gasteiger partial charge is 0.0794 e. The summed E-state index contributed by atoms with van der Waals surface area (Å²) in [7, 11) is 0. The van der Waals surface area contributed by atoms with Crippen molar-refractivity contribution in [1.29, 1.82) is 0 Å². The first kappa shape index (κ1) is 12.8. The van der Waals surface area contributed by atoms with Crippen LogP contribution in [0.4, 0.5) is 0 Å². The molecule has 1 rings (SSSR count). The minimum Gasteiger partial charge on any atom is -0.323 e. The van der Waals surface area contributed by atoms with Gasteiger partial charge in [0, 0.05) is 17.1 Å². The van der Waals surface area contributed by atoms with Crippen LogP contribution in [0.5, 0.6) is 0 Å². The topological polar surface area (TPSA) is 38.9 Å². The maximum absolute atomic E-state index is 5.53. The summed E-state index contributed by atoms with van der Waals surface area (Å²) in [6.07, 6.45) is 1.80. The van der Waals surface area contributed by atoms with Gasteiger partial charge in [0.1, 0.15) is 0 Å². The second-order valence-corrected chi connectivity index (χ2v) is 2.61. The predicted octanol–water partition coefficient (Wildman–Crippen LogP) is 2.01. The SMILES string of the molecule is C[C@H](N)c1cncs1.Cl.Cl. The van der Waals surface area contributed by atoms with Crippen molar-refractivity contribution in [1.82, 2.24) is 4.98 Å². The van der Waals surface area contributed by atoms with Crippen LogP contribution in [0, 0.1) is 0 Å². The number of thiazole rings is 1. The molecular weight excluding hydrogens is 191 g/mol. The summed E-state index contributed by atoms with van der Waals surface area (Å²) in [4.78, 5) is 5.03. The summed E-state index contributed by atoms with van der Waals surface area (Å²) in [5.74, 6) is 0. The molecule has 1 atom stereocenters. The quantitative estimate of drug-likeness (QED) is 0.754. The van der Waals surface area contributed by atoms with Gasteiger partial charge in [0.15, 0.2) is 0 Å². The van der Waals surface area contributed by atoms with Crippen molar-refractivity contribution in [3.8, 4) is 0 Å². The Bertz CT molecular complexity index is 153.